The molecule has 0 spiro atoms. The molecule has 4 aliphatic rings. The molecule has 1 heterocycles. The molecule has 2 N–H and O–H groups in total. The smallest absolute Gasteiger partial charge is 0.410 e. The zero-order chi connectivity index (χ0) is 40.2. The second kappa shape index (κ2) is 17.6. The summed E-state index contributed by atoms with van der Waals surface area (Å²) >= 11 is 0. The number of benzene rings is 2. The lowest BCUT2D eigenvalue weighted by atomic mass is 9.64. The molecule has 0 aliphatic heterocycles. The summed E-state index contributed by atoms with van der Waals surface area (Å²) in [5.74, 6) is 2.11. The quantitative estimate of drug-likeness (QED) is 0.155. The van der Waals surface area contributed by atoms with Gasteiger partial charge in [-0.3, -0.25) is 4.79 Å². The summed E-state index contributed by atoms with van der Waals surface area (Å²) in [5.41, 5.74) is 2.14. The molecule has 7 rings (SSSR count). The van der Waals surface area contributed by atoms with E-state index in [2.05, 4.69) is 40.7 Å². The highest BCUT2D eigenvalue weighted by atomic mass is 16.6. The molecule has 0 saturated heterocycles. The van der Waals surface area contributed by atoms with Crippen molar-refractivity contribution < 1.29 is 38.4 Å². The summed E-state index contributed by atoms with van der Waals surface area (Å²) in [6, 6.07) is 14.9. The molecule has 9 nitrogen and oxygen atoms in total. The average molecular weight is 770 g/mol. The SMILES string of the molecule is COc1ccc(CN(CC2(O)CCC3c4ccc(cc4C(=O)c4ccco4)CC(O)CCC(C)=CCCC32C)C(=O)OC2CC(C)CCC2C(C)C)c(OC)c1. The Morgan fingerprint density at radius 2 is 1.82 bits per heavy atom. The van der Waals surface area contributed by atoms with E-state index in [0.29, 0.717) is 67.4 Å². The van der Waals surface area contributed by atoms with Crippen LogP contribution in [0, 0.1) is 23.2 Å². The second-order valence-corrected chi connectivity index (χ2v) is 17.5. The van der Waals surface area contributed by atoms with Gasteiger partial charge in [-0.15, -0.1) is 0 Å². The van der Waals surface area contributed by atoms with Crippen LogP contribution in [0.3, 0.4) is 0 Å². The largest absolute Gasteiger partial charge is 0.497 e. The van der Waals surface area contributed by atoms with Gasteiger partial charge in [0.25, 0.3) is 0 Å². The van der Waals surface area contributed by atoms with E-state index in [4.69, 9.17) is 18.6 Å². The van der Waals surface area contributed by atoms with Crippen molar-refractivity contribution in [1.82, 2.24) is 4.90 Å². The number of carbonyl (C=O) groups excluding carboxylic acids is 2. The number of aliphatic hydroxyl groups is 2. The van der Waals surface area contributed by atoms with Crippen LogP contribution in [-0.2, 0) is 17.7 Å². The van der Waals surface area contributed by atoms with E-state index in [1.807, 2.05) is 36.4 Å². The zero-order valence-electron chi connectivity index (χ0n) is 34.5. The van der Waals surface area contributed by atoms with Gasteiger partial charge in [0, 0.05) is 22.6 Å². The number of rotatable bonds is 10. The maximum absolute atomic E-state index is 14.7. The molecular weight excluding hydrogens is 707 g/mol. The van der Waals surface area contributed by atoms with Crippen molar-refractivity contribution in [2.45, 2.75) is 129 Å². The molecule has 1 aromatic heterocycles. The minimum absolute atomic E-state index is 0.0388. The van der Waals surface area contributed by atoms with Crippen molar-refractivity contribution in [2.75, 3.05) is 20.8 Å². The first kappa shape index (κ1) is 41.6. The van der Waals surface area contributed by atoms with Crippen LogP contribution in [-0.4, -0.2) is 65.6 Å². The van der Waals surface area contributed by atoms with Crippen LogP contribution in [0.15, 0.2) is 70.9 Å². The van der Waals surface area contributed by atoms with E-state index in [9.17, 15) is 19.8 Å². The maximum atomic E-state index is 14.7. The van der Waals surface area contributed by atoms with E-state index in [-0.39, 0.29) is 42.6 Å². The van der Waals surface area contributed by atoms with Crippen molar-refractivity contribution >= 4 is 11.9 Å². The molecule has 2 saturated carbocycles. The molecule has 56 heavy (non-hydrogen) atoms. The topological polar surface area (TPSA) is 119 Å². The summed E-state index contributed by atoms with van der Waals surface area (Å²) in [5, 5.41) is 24.2. The lowest BCUT2D eigenvalue weighted by Gasteiger charge is -2.46. The van der Waals surface area contributed by atoms with E-state index in [1.54, 1.807) is 31.3 Å². The van der Waals surface area contributed by atoms with Crippen LogP contribution < -0.4 is 9.47 Å². The molecule has 7 atom stereocenters. The molecule has 9 heteroatoms. The van der Waals surface area contributed by atoms with Gasteiger partial charge < -0.3 is 33.7 Å². The van der Waals surface area contributed by atoms with Crippen molar-refractivity contribution in [1.29, 1.82) is 0 Å². The number of ether oxygens (including phenoxy) is 3. The molecule has 1 amide bonds. The number of methoxy groups -OCH3 is 2. The Morgan fingerprint density at radius 3 is 2.54 bits per heavy atom. The summed E-state index contributed by atoms with van der Waals surface area (Å²) < 4.78 is 23.4. The standard InChI is InChI=1S/C47H63NO8/c1-30(2)37-18-13-32(4)24-43(37)56-45(51)48(28-34-15-17-36(53-6)27-42(34)54-7)29-47(52)22-20-40-38-19-14-33(26-39(38)44(50)41-11-9-23-55-41)25-35(49)16-12-31(3)10-8-21-46(40,47)5/h9-11,14-15,17,19,23,26-27,30,32,35,37,40,43,49,52H,8,12-13,16,18,20-22,24-25,28-29H2,1-7H3. The van der Waals surface area contributed by atoms with E-state index in [0.717, 1.165) is 42.4 Å². The predicted octanol–water partition coefficient (Wildman–Crippen LogP) is 9.67. The third kappa shape index (κ3) is 8.89. The zero-order valence-corrected chi connectivity index (χ0v) is 34.5. The number of amides is 1. The van der Waals surface area contributed by atoms with Gasteiger partial charge in [-0.25, -0.2) is 4.79 Å². The van der Waals surface area contributed by atoms with E-state index >= 15 is 0 Å². The van der Waals surface area contributed by atoms with Crippen LogP contribution in [0.1, 0.15) is 131 Å². The fraction of sp³-hybridized carbons (Fsp3) is 0.574. The van der Waals surface area contributed by atoms with Gasteiger partial charge in [-0.1, -0.05) is 57.9 Å². The summed E-state index contributed by atoms with van der Waals surface area (Å²) in [6.45, 7) is 11.1. The number of furan rings is 1. The number of allylic oxidation sites excluding steroid dienone is 2. The highest BCUT2D eigenvalue weighted by Crippen LogP contribution is 2.59. The predicted molar refractivity (Wildman–Crippen MR) is 217 cm³/mol. The van der Waals surface area contributed by atoms with E-state index < -0.39 is 23.2 Å². The lowest BCUT2D eigenvalue weighted by molar-refractivity contribution is -0.0877. The number of carbonyl (C=O) groups is 2. The van der Waals surface area contributed by atoms with Crippen molar-refractivity contribution in [3.05, 3.63) is 94.5 Å². The average Bonchev–Trinajstić information content (AvgIpc) is 3.80. The fourth-order valence-corrected chi connectivity index (χ4v) is 9.88. The van der Waals surface area contributed by atoms with Gasteiger partial charge in [-0.05, 0) is 130 Å². The summed E-state index contributed by atoms with van der Waals surface area (Å²) in [7, 11) is 3.21. The van der Waals surface area contributed by atoms with Gasteiger partial charge in [0.1, 0.15) is 17.6 Å². The Bertz CT molecular complexity index is 1850. The first-order valence-electron chi connectivity index (χ1n) is 20.7. The normalized spacial score (nSPS) is 28.2. The van der Waals surface area contributed by atoms with Crippen LogP contribution in [0.25, 0.3) is 0 Å². The van der Waals surface area contributed by atoms with Crippen LogP contribution in [0.5, 0.6) is 11.5 Å². The Kier molecular flexibility index (Phi) is 13.1. The number of hydrogen-bond donors (Lipinski definition) is 2. The Balaban J connectivity index is 1.42. The Labute approximate surface area is 333 Å². The first-order chi connectivity index (χ1) is 26.7. The maximum Gasteiger partial charge on any atom is 0.410 e. The Hall–Kier alpha value is -4.08. The molecule has 3 aromatic rings. The van der Waals surface area contributed by atoms with Crippen LogP contribution in [0.2, 0.25) is 0 Å². The van der Waals surface area contributed by atoms with Gasteiger partial charge in [0.2, 0.25) is 5.78 Å². The summed E-state index contributed by atoms with van der Waals surface area (Å²) in [6.07, 6.45) is 9.60. The van der Waals surface area contributed by atoms with E-state index in [1.165, 1.54) is 11.8 Å². The summed E-state index contributed by atoms with van der Waals surface area (Å²) in [4.78, 5) is 30.5. The molecule has 2 fully saturated rings. The number of ketones is 1. The molecule has 4 aliphatic carbocycles. The van der Waals surface area contributed by atoms with Gasteiger partial charge in [0.15, 0.2) is 5.76 Å². The molecule has 2 bridgehead atoms. The van der Waals surface area contributed by atoms with Crippen LogP contribution in [0.4, 0.5) is 4.79 Å². The number of nitrogens with zero attached hydrogens (tertiary/aromatic N) is 1. The molecule has 0 radical (unpaired) electrons. The highest BCUT2D eigenvalue weighted by molar-refractivity contribution is 6.08. The van der Waals surface area contributed by atoms with Crippen molar-refractivity contribution in [2.24, 2.45) is 23.2 Å². The number of aliphatic hydroxyl groups excluding tert-OH is 1. The third-order valence-corrected chi connectivity index (χ3v) is 13.4. The minimum Gasteiger partial charge on any atom is -0.497 e. The molecule has 304 valence electrons. The molecule has 7 unspecified atom stereocenters. The number of fused-ring (bicyclic) bond motifs is 8. The van der Waals surface area contributed by atoms with Crippen molar-refractivity contribution in [3.8, 4) is 11.5 Å². The molecule has 2 aromatic carbocycles. The van der Waals surface area contributed by atoms with Crippen molar-refractivity contribution in [3.63, 3.8) is 0 Å². The first-order valence-corrected chi connectivity index (χ1v) is 20.7. The highest BCUT2D eigenvalue weighted by Gasteiger charge is 2.58. The number of hydrogen-bond acceptors (Lipinski definition) is 8. The van der Waals surface area contributed by atoms with Gasteiger partial charge in [-0.2, -0.15) is 0 Å². The fourth-order valence-electron chi connectivity index (χ4n) is 9.88. The third-order valence-electron chi connectivity index (χ3n) is 13.4. The lowest BCUT2D eigenvalue weighted by Crippen LogP contribution is -2.54. The van der Waals surface area contributed by atoms with Gasteiger partial charge >= 0.3 is 6.09 Å². The molecular formula is C47H63NO8. The monoisotopic (exact) mass is 769 g/mol. The second-order valence-electron chi connectivity index (χ2n) is 17.5. The Morgan fingerprint density at radius 1 is 1.02 bits per heavy atom. The minimum atomic E-state index is -1.34. The van der Waals surface area contributed by atoms with Crippen LogP contribution >= 0.6 is 0 Å². The van der Waals surface area contributed by atoms with Gasteiger partial charge in [0.05, 0.1) is 45.3 Å².